The van der Waals surface area contributed by atoms with Crippen molar-refractivity contribution in [3.8, 4) is 0 Å². The fourth-order valence-corrected chi connectivity index (χ4v) is 2.19. The molecule has 1 aromatic carbocycles. The van der Waals surface area contributed by atoms with Gasteiger partial charge < -0.3 is 14.7 Å². The van der Waals surface area contributed by atoms with Crippen LogP contribution in [-0.4, -0.2) is 19.3 Å². The number of benzene rings is 1. The Morgan fingerprint density at radius 2 is 1.85 bits per heavy atom. The first-order valence-corrected chi connectivity index (χ1v) is 6.91. The average molecular weight is 273 g/mol. The Kier molecular flexibility index (Phi) is 4.45. The van der Waals surface area contributed by atoms with Crippen LogP contribution in [0.1, 0.15) is 35.5 Å². The highest BCUT2D eigenvalue weighted by Crippen LogP contribution is 2.19. The van der Waals surface area contributed by atoms with E-state index in [9.17, 15) is 0 Å². The van der Waals surface area contributed by atoms with E-state index in [1.165, 1.54) is 11.3 Å². The van der Waals surface area contributed by atoms with Crippen molar-refractivity contribution in [2.75, 3.05) is 19.0 Å². The van der Waals surface area contributed by atoms with Crippen LogP contribution in [0.3, 0.4) is 0 Å². The Hall–Kier alpha value is -1.81. The van der Waals surface area contributed by atoms with E-state index < -0.39 is 0 Å². The summed E-state index contributed by atoms with van der Waals surface area (Å²) in [6, 6.07) is 8.91. The Morgan fingerprint density at radius 1 is 1.20 bits per heavy atom. The second-order valence-electron chi connectivity index (χ2n) is 5.39. The number of hydrogen-bond acceptors (Lipinski definition) is 4. The van der Waals surface area contributed by atoms with Crippen molar-refractivity contribution < 1.29 is 4.52 Å². The molecule has 0 saturated heterocycles. The second kappa shape index (κ2) is 6.09. The van der Waals surface area contributed by atoms with Crippen LogP contribution < -0.4 is 10.2 Å². The lowest BCUT2D eigenvalue weighted by Crippen LogP contribution is -2.19. The van der Waals surface area contributed by atoms with Gasteiger partial charge in [0.15, 0.2) is 0 Å². The number of hydrogen-bond donors (Lipinski definition) is 1. The molecule has 0 bridgehead atoms. The highest BCUT2D eigenvalue weighted by Gasteiger charge is 2.11. The maximum atomic E-state index is 5.18. The molecule has 1 heterocycles. The molecule has 2 rings (SSSR count). The van der Waals surface area contributed by atoms with Crippen LogP contribution in [0.5, 0.6) is 0 Å². The number of rotatable bonds is 5. The Balaban J connectivity index is 2.00. The topological polar surface area (TPSA) is 41.3 Å². The third kappa shape index (κ3) is 3.20. The maximum Gasteiger partial charge on any atom is 0.138 e. The van der Waals surface area contributed by atoms with E-state index >= 15 is 0 Å². The zero-order valence-corrected chi connectivity index (χ0v) is 12.9. The normalized spacial score (nSPS) is 12.4. The quantitative estimate of drug-likeness (QED) is 0.908. The highest BCUT2D eigenvalue weighted by molar-refractivity contribution is 5.46. The molecule has 0 amide bonds. The van der Waals surface area contributed by atoms with Gasteiger partial charge >= 0.3 is 0 Å². The van der Waals surface area contributed by atoms with Crippen LogP contribution in [0.4, 0.5) is 5.69 Å². The fourth-order valence-electron chi connectivity index (χ4n) is 2.19. The van der Waals surface area contributed by atoms with E-state index in [1.54, 1.807) is 0 Å². The Labute approximate surface area is 120 Å². The maximum absolute atomic E-state index is 5.18. The third-order valence-electron chi connectivity index (χ3n) is 3.68. The summed E-state index contributed by atoms with van der Waals surface area (Å²) in [5, 5.41) is 7.50. The first-order chi connectivity index (χ1) is 9.49. The van der Waals surface area contributed by atoms with Crippen LogP contribution >= 0.6 is 0 Å². The molecule has 1 atom stereocenters. The van der Waals surface area contributed by atoms with E-state index in [1.807, 2.05) is 27.9 Å². The van der Waals surface area contributed by atoms with Crippen molar-refractivity contribution in [1.29, 1.82) is 0 Å². The Bertz CT molecular complexity index is 538. The monoisotopic (exact) mass is 273 g/mol. The molecular formula is C16H23N3O. The molecule has 4 heteroatoms. The minimum atomic E-state index is 0.292. The van der Waals surface area contributed by atoms with Gasteiger partial charge in [-0.05, 0) is 38.5 Å². The number of nitrogens with zero attached hydrogens (tertiary/aromatic N) is 2. The number of nitrogens with one attached hydrogen (secondary N) is 1. The Morgan fingerprint density at radius 3 is 2.35 bits per heavy atom. The summed E-state index contributed by atoms with van der Waals surface area (Å²) in [7, 11) is 4.10. The standard InChI is InChI=1S/C16H23N3O/c1-11(14-6-8-15(9-7-14)19(4)5)17-10-16-12(2)18-20-13(16)3/h6-9,11,17H,10H2,1-5H3. The first-order valence-electron chi connectivity index (χ1n) is 6.91. The van der Waals surface area contributed by atoms with Crippen molar-refractivity contribution in [3.63, 3.8) is 0 Å². The molecule has 0 radical (unpaired) electrons. The van der Waals surface area contributed by atoms with Crippen LogP contribution in [0.25, 0.3) is 0 Å². The zero-order valence-electron chi connectivity index (χ0n) is 12.9. The SMILES string of the molecule is Cc1noc(C)c1CNC(C)c1ccc(N(C)C)cc1. The second-order valence-corrected chi connectivity index (χ2v) is 5.39. The van der Waals surface area contributed by atoms with E-state index in [-0.39, 0.29) is 0 Å². The van der Waals surface area contributed by atoms with Crippen molar-refractivity contribution in [2.24, 2.45) is 0 Å². The van der Waals surface area contributed by atoms with E-state index in [0.717, 1.165) is 23.6 Å². The van der Waals surface area contributed by atoms with Crippen molar-refractivity contribution in [2.45, 2.75) is 33.4 Å². The van der Waals surface area contributed by atoms with Gasteiger partial charge in [-0.1, -0.05) is 17.3 Å². The van der Waals surface area contributed by atoms with Crippen LogP contribution in [0, 0.1) is 13.8 Å². The van der Waals surface area contributed by atoms with E-state index in [2.05, 4.69) is 46.6 Å². The lowest BCUT2D eigenvalue weighted by atomic mass is 10.1. The highest BCUT2D eigenvalue weighted by atomic mass is 16.5. The molecule has 108 valence electrons. The minimum Gasteiger partial charge on any atom is -0.378 e. The average Bonchev–Trinajstić information content (AvgIpc) is 2.75. The molecule has 0 aliphatic heterocycles. The molecule has 4 nitrogen and oxygen atoms in total. The summed E-state index contributed by atoms with van der Waals surface area (Å²) in [4.78, 5) is 2.10. The van der Waals surface area contributed by atoms with Gasteiger partial charge in [0.1, 0.15) is 5.76 Å². The summed E-state index contributed by atoms with van der Waals surface area (Å²) < 4.78 is 5.18. The molecule has 1 N–H and O–H groups in total. The summed E-state index contributed by atoms with van der Waals surface area (Å²) in [6.07, 6.45) is 0. The van der Waals surface area contributed by atoms with Gasteiger partial charge in [0, 0.05) is 37.9 Å². The molecule has 0 aliphatic rings. The molecule has 2 aromatic rings. The van der Waals surface area contributed by atoms with Gasteiger partial charge in [-0.3, -0.25) is 0 Å². The van der Waals surface area contributed by atoms with Crippen LogP contribution in [0.15, 0.2) is 28.8 Å². The predicted octanol–water partition coefficient (Wildman–Crippen LogP) is 3.21. The lowest BCUT2D eigenvalue weighted by molar-refractivity contribution is 0.391. The molecule has 20 heavy (non-hydrogen) atoms. The van der Waals surface area contributed by atoms with Crippen molar-refractivity contribution in [3.05, 3.63) is 46.8 Å². The zero-order chi connectivity index (χ0) is 14.7. The van der Waals surface area contributed by atoms with Gasteiger partial charge in [0.25, 0.3) is 0 Å². The van der Waals surface area contributed by atoms with Gasteiger partial charge in [0.05, 0.1) is 5.69 Å². The van der Waals surface area contributed by atoms with Crippen molar-refractivity contribution >= 4 is 5.69 Å². The lowest BCUT2D eigenvalue weighted by Gasteiger charge is -2.17. The summed E-state index contributed by atoms with van der Waals surface area (Å²) in [6.45, 7) is 6.87. The molecule has 0 spiro atoms. The van der Waals surface area contributed by atoms with E-state index in [4.69, 9.17) is 4.52 Å². The molecule has 1 aromatic heterocycles. The number of aryl methyl sites for hydroxylation is 2. The van der Waals surface area contributed by atoms with Gasteiger partial charge in [-0.2, -0.15) is 0 Å². The van der Waals surface area contributed by atoms with Crippen molar-refractivity contribution in [1.82, 2.24) is 10.5 Å². The fraction of sp³-hybridized carbons (Fsp3) is 0.438. The van der Waals surface area contributed by atoms with E-state index in [0.29, 0.717) is 6.04 Å². The molecule has 0 fully saturated rings. The van der Waals surface area contributed by atoms with Gasteiger partial charge in [-0.15, -0.1) is 0 Å². The predicted molar refractivity (Wildman–Crippen MR) is 82.0 cm³/mol. The minimum absolute atomic E-state index is 0.292. The van der Waals surface area contributed by atoms with Gasteiger partial charge in [-0.25, -0.2) is 0 Å². The molecule has 0 aliphatic carbocycles. The molecule has 0 saturated carbocycles. The molecular weight excluding hydrogens is 250 g/mol. The van der Waals surface area contributed by atoms with Crippen LogP contribution in [-0.2, 0) is 6.54 Å². The largest absolute Gasteiger partial charge is 0.378 e. The van der Waals surface area contributed by atoms with Crippen LogP contribution in [0.2, 0.25) is 0 Å². The summed E-state index contributed by atoms with van der Waals surface area (Å²) in [5.41, 5.74) is 4.61. The smallest absolute Gasteiger partial charge is 0.138 e. The number of aromatic nitrogens is 1. The third-order valence-corrected chi connectivity index (χ3v) is 3.68. The molecule has 1 unspecified atom stereocenters. The summed E-state index contributed by atoms with van der Waals surface area (Å²) in [5.74, 6) is 0.894. The first kappa shape index (κ1) is 14.6. The number of anilines is 1. The summed E-state index contributed by atoms with van der Waals surface area (Å²) >= 11 is 0. The van der Waals surface area contributed by atoms with Gasteiger partial charge in [0.2, 0.25) is 0 Å².